The Hall–Kier alpha value is -2.40. The highest BCUT2D eigenvalue weighted by atomic mass is 19.1. The number of aliphatic hydroxyl groups is 1. The summed E-state index contributed by atoms with van der Waals surface area (Å²) in [6, 6.07) is 14.3. The minimum atomic E-state index is -0.872. The fourth-order valence-corrected chi connectivity index (χ4v) is 3.18. The fraction of sp³-hybridized carbons (Fsp3) is 0.350. The standard InChI is InChI=1S/C20H24FN3O/c1-2-22-19(23-13-15-7-9-17(21)10-8-15)24-14-20(25)12-11-16-5-3-4-6-18(16)20/h3-10,25H,2,11-14H2,1H3,(H2,22,23,24). The second-order valence-corrected chi connectivity index (χ2v) is 6.36. The minimum absolute atomic E-state index is 0.250. The van der Waals surface area contributed by atoms with Gasteiger partial charge in [-0.2, -0.15) is 0 Å². The molecule has 0 bridgehead atoms. The molecular formula is C20H24FN3O. The van der Waals surface area contributed by atoms with Gasteiger partial charge in [0.05, 0.1) is 13.1 Å². The molecule has 0 saturated carbocycles. The Morgan fingerprint density at radius 2 is 1.92 bits per heavy atom. The second-order valence-electron chi connectivity index (χ2n) is 6.36. The molecule has 3 N–H and O–H groups in total. The molecule has 0 heterocycles. The van der Waals surface area contributed by atoms with Crippen LogP contribution < -0.4 is 10.6 Å². The Labute approximate surface area is 147 Å². The van der Waals surface area contributed by atoms with Crippen molar-refractivity contribution in [3.05, 3.63) is 71.0 Å². The second kappa shape index (κ2) is 7.66. The predicted octanol–water partition coefficient (Wildman–Crippen LogP) is 2.71. The van der Waals surface area contributed by atoms with Gasteiger partial charge in [-0.05, 0) is 48.6 Å². The third-order valence-electron chi connectivity index (χ3n) is 4.55. The first kappa shape index (κ1) is 17.4. The highest BCUT2D eigenvalue weighted by Gasteiger charge is 2.36. The van der Waals surface area contributed by atoms with E-state index in [1.165, 1.54) is 17.7 Å². The number of nitrogens with one attached hydrogen (secondary N) is 2. The van der Waals surface area contributed by atoms with E-state index in [1.54, 1.807) is 12.1 Å². The maximum Gasteiger partial charge on any atom is 0.191 e. The van der Waals surface area contributed by atoms with Crippen LogP contribution in [0.5, 0.6) is 0 Å². The zero-order valence-electron chi connectivity index (χ0n) is 14.4. The molecule has 0 fully saturated rings. The SMILES string of the molecule is CCNC(=NCc1ccc(F)cc1)NCC1(O)CCc2ccccc21. The van der Waals surface area contributed by atoms with Crippen molar-refractivity contribution in [1.29, 1.82) is 0 Å². The summed E-state index contributed by atoms with van der Waals surface area (Å²) in [6.45, 7) is 3.57. The lowest BCUT2D eigenvalue weighted by molar-refractivity contribution is 0.0432. The lowest BCUT2D eigenvalue weighted by atomic mass is 9.96. The van der Waals surface area contributed by atoms with Gasteiger partial charge in [-0.3, -0.25) is 0 Å². The van der Waals surface area contributed by atoms with Gasteiger partial charge in [-0.25, -0.2) is 9.38 Å². The molecule has 0 radical (unpaired) electrons. The van der Waals surface area contributed by atoms with Gasteiger partial charge in [0, 0.05) is 6.54 Å². The number of hydrogen-bond acceptors (Lipinski definition) is 2. The van der Waals surface area contributed by atoms with Gasteiger partial charge in [0.15, 0.2) is 5.96 Å². The normalized spacial score (nSPS) is 19.6. The quantitative estimate of drug-likeness (QED) is 0.579. The average Bonchev–Trinajstić information content (AvgIpc) is 2.97. The molecule has 132 valence electrons. The number of aliphatic imine (C=N–C) groups is 1. The summed E-state index contributed by atoms with van der Waals surface area (Å²) in [7, 11) is 0. The number of benzene rings is 2. The maximum absolute atomic E-state index is 13.0. The van der Waals surface area contributed by atoms with Gasteiger partial charge in [0.25, 0.3) is 0 Å². The largest absolute Gasteiger partial charge is 0.383 e. The van der Waals surface area contributed by atoms with Crippen molar-refractivity contribution < 1.29 is 9.50 Å². The first-order valence-electron chi connectivity index (χ1n) is 8.68. The molecule has 0 saturated heterocycles. The van der Waals surface area contributed by atoms with Crippen LogP contribution >= 0.6 is 0 Å². The van der Waals surface area contributed by atoms with E-state index >= 15 is 0 Å². The van der Waals surface area contributed by atoms with Crippen molar-refractivity contribution in [2.45, 2.75) is 31.9 Å². The first-order chi connectivity index (χ1) is 12.1. The Morgan fingerprint density at radius 1 is 1.16 bits per heavy atom. The third-order valence-corrected chi connectivity index (χ3v) is 4.55. The van der Waals surface area contributed by atoms with Crippen LogP contribution in [0.3, 0.4) is 0 Å². The van der Waals surface area contributed by atoms with Gasteiger partial charge in [0.1, 0.15) is 11.4 Å². The summed E-state index contributed by atoms with van der Waals surface area (Å²) in [5, 5.41) is 17.4. The van der Waals surface area contributed by atoms with E-state index in [9.17, 15) is 9.50 Å². The molecule has 25 heavy (non-hydrogen) atoms. The van der Waals surface area contributed by atoms with E-state index in [4.69, 9.17) is 0 Å². The monoisotopic (exact) mass is 341 g/mol. The lowest BCUT2D eigenvalue weighted by Gasteiger charge is -2.25. The molecule has 1 unspecified atom stereocenters. The maximum atomic E-state index is 13.0. The van der Waals surface area contributed by atoms with Crippen LogP contribution in [-0.2, 0) is 18.6 Å². The smallest absolute Gasteiger partial charge is 0.191 e. The van der Waals surface area contributed by atoms with Crippen molar-refractivity contribution in [2.24, 2.45) is 4.99 Å². The topological polar surface area (TPSA) is 56.7 Å². The van der Waals surface area contributed by atoms with Crippen molar-refractivity contribution in [3.8, 4) is 0 Å². The van der Waals surface area contributed by atoms with Gasteiger partial charge in [0.2, 0.25) is 0 Å². The van der Waals surface area contributed by atoms with E-state index in [1.807, 2.05) is 25.1 Å². The molecule has 4 nitrogen and oxygen atoms in total. The van der Waals surface area contributed by atoms with Gasteiger partial charge in [-0.15, -0.1) is 0 Å². The van der Waals surface area contributed by atoms with E-state index in [2.05, 4.69) is 21.7 Å². The number of hydrogen-bond donors (Lipinski definition) is 3. The van der Waals surface area contributed by atoms with E-state index in [0.29, 0.717) is 25.5 Å². The Kier molecular flexibility index (Phi) is 5.34. The average molecular weight is 341 g/mol. The van der Waals surface area contributed by atoms with Crippen molar-refractivity contribution in [2.75, 3.05) is 13.1 Å². The predicted molar refractivity (Wildman–Crippen MR) is 97.9 cm³/mol. The van der Waals surface area contributed by atoms with Crippen LogP contribution in [0.2, 0.25) is 0 Å². The molecule has 1 atom stereocenters. The fourth-order valence-electron chi connectivity index (χ4n) is 3.18. The summed E-state index contributed by atoms with van der Waals surface area (Å²) in [6.07, 6.45) is 1.59. The van der Waals surface area contributed by atoms with Gasteiger partial charge >= 0.3 is 0 Å². The molecule has 0 aromatic heterocycles. The molecule has 2 aromatic carbocycles. The highest BCUT2D eigenvalue weighted by molar-refractivity contribution is 5.79. The van der Waals surface area contributed by atoms with E-state index in [0.717, 1.165) is 24.1 Å². The number of nitrogens with zero attached hydrogens (tertiary/aromatic N) is 1. The summed E-state index contributed by atoms with van der Waals surface area (Å²) < 4.78 is 13.0. The summed E-state index contributed by atoms with van der Waals surface area (Å²) >= 11 is 0. The minimum Gasteiger partial charge on any atom is -0.383 e. The van der Waals surface area contributed by atoms with Gasteiger partial charge < -0.3 is 15.7 Å². The Balaban J connectivity index is 1.66. The van der Waals surface area contributed by atoms with Crippen LogP contribution in [0.4, 0.5) is 4.39 Å². The molecule has 0 aliphatic heterocycles. The van der Waals surface area contributed by atoms with Crippen molar-refractivity contribution in [3.63, 3.8) is 0 Å². The Morgan fingerprint density at radius 3 is 2.68 bits per heavy atom. The summed E-state index contributed by atoms with van der Waals surface area (Å²) in [5.41, 5.74) is 2.27. The molecule has 3 rings (SSSR count). The summed E-state index contributed by atoms with van der Waals surface area (Å²) in [5.74, 6) is 0.393. The molecule has 0 spiro atoms. The molecule has 1 aliphatic rings. The summed E-state index contributed by atoms with van der Waals surface area (Å²) in [4.78, 5) is 4.52. The first-order valence-corrected chi connectivity index (χ1v) is 8.68. The van der Waals surface area contributed by atoms with Crippen molar-refractivity contribution in [1.82, 2.24) is 10.6 Å². The number of fused-ring (bicyclic) bond motifs is 1. The van der Waals surface area contributed by atoms with Crippen LogP contribution in [0, 0.1) is 5.82 Å². The molecule has 2 aromatic rings. The zero-order chi connectivity index (χ0) is 17.7. The van der Waals surface area contributed by atoms with Crippen LogP contribution in [0.1, 0.15) is 30.0 Å². The molecule has 0 amide bonds. The van der Waals surface area contributed by atoms with E-state index in [-0.39, 0.29) is 5.82 Å². The third kappa shape index (κ3) is 4.17. The van der Waals surface area contributed by atoms with Crippen LogP contribution in [0.25, 0.3) is 0 Å². The van der Waals surface area contributed by atoms with Crippen molar-refractivity contribution >= 4 is 5.96 Å². The molecular weight excluding hydrogens is 317 g/mol. The zero-order valence-corrected chi connectivity index (χ0v) is 14.4. The van der Waals surface area contributed by atoms with Crippen LogP contribution in [0.15, 0.2) is 53.5 Å². The lowest BCUT2D eigenvalue weighted by Crippen LogP contribution is -2.45. The molecule has 1 aliphatic carbocycles. The van der Waals surface area contributed by atoms with E-state index < -0.39 is 5.60 Å². The van der Waals surface area contributed by atoms with Crippen LogP contribution in [-0.4, -0.2) is 24.2 Å². The highest BCUT2D eigenvalue weighted by Crippen LogP contribution is 2.36. The Bertz CT molecular complexity index is 745. The number of rotatable bonds is 5. The number of halogens is 1. The number of aryl methyl sites for hydroxylation is 1. The number of guanidine groups is 1. The molecule has 5 heteroatoms. The van der Waals surface area contributed by atoms with Gasteiger partial charge in [-0.1, -0.05) is 36.4 Å².